The molecule has 0 amide bonds. The minimum atomic E-state index is 0.596. The van der Waals surface area contributed by atoms with Crippen molar-refractivity contribution < 1.29 is 9.47 Å². The van der Waals surface area contributed by atoms with E-state index in [2.05, 4.69) is 17.5 Å². The maximum absolute atomic E-state index is 9.44. The molecule has 0 fully saturated rings. The standard InChI is InChI=1S/C22H25ClN2O2S/c1-4-5-6-7-18(23)9-10-19-13-17(14-24)22(28-19)25-15-16-8-11-20(26-2)21(12-16)27-3/h4-5,7-8,11-13,25H,6,9-10,15H2,1-3H3/b5-4-,18-7+. The number of thiophene rings is 1. The number of aryl methyl sites for hydroxylation is 1. The van der Waals surface area contributed by atoms with E-state index in [0.29, 0.717) is 23.6 Å². The summed E-state index contributed by atoms with van der Waals surface area (Å²) in [7, 11) is 3.23. The minimum Gasteiger partial charge on any atom is -0.493 e. The van der Waals surface area contributed by atoms with Gasteiger partial charge in [-0.3, -0.25) is 0 Å². The van der Waals surface area contributed by atoms with E-state index >= 15 is 0 Å². The fraction of sp³-hybridized carbons (Fsp3) is 0.318. The zero-order valence-electron chi connectivity index (χ0n) is 16.4. The van der Waals surface area contributed by atoms with E-state index in [1.54, 1.807) is 25.6 Å². The van der Waals surface area contributed by atoms with Crippen molar-refractivity contribution in [3.63, 3.8) is 0 Å². The van der Waals surface area contributed by atoms with Crippen LogP contribution in [0.1, 0.15) is 35.8 Å². The summed E-state index contributed by atoms with van der Waals surface area (Å²) in [5, 5.41) is 14.5. The van der Waals surface area contributed by atoms with Crippen LogP contribution in [0.4, 0.5) is 5.00 Å². The van der Waals surface area contributed by atoms with Gasteiger partial charge in [0.1, 0.15) is 11.1 Å². The Kier molecular flexibility index (Phi) is 8.93. The van der Waals surface area contributed by atoms with Crippen molar-refractivity contribution in [2.24, 2.45) is 0 Å². The molecule has 28 heavy (non-hydrogen) atoms. The zero-order valence-corrected chi connectivity index (χ0v) is 18.0. The van der Waals surface area contributed by atoms with Crippen LogP contribution in [0, 0.1) is 11.3 Å². The molecule has 0 bridgehead atoms. The Hall–Kier alpha value is -2.42. The number of hydrogen-bond donors (Lipinski definition) is 1. The molecular formula is C22H25ClN2O2S. The summed E-state index contributed by atoms with van der Waals surface area (Å²) >= 11 is 7.87. The summed E-state index contributed by atoms with van der Waals surface area (Å²) in [6.45, 7) is 2.59. The highest BCUT2D eigenvalue weighted by Gasteiger charge is 2.10. The monoisotopic (exact) mass is 416 g/mol. The first-order chi connectivity index (χ1) is 13.6. The Balaban J connectivity index is 2.01. The molecule has 1 aromatic carbocycles. The Labute approximate surface area is 176 Å². The molecule has 0 aliphatic carbocycles. The first-order valence-electron chi connectivity index (χ1n) is 9.04. The number of hydrogen-bond acceptors (Lipinski definition) is 5. The molecule has 0 unspecified atom stereocenters. The maximum atomic E-state index is 9.44. The van der Waals surface area contributed by atoms with Crippen molar-refractivity contribution in [2.75, 3.05) is 19.5 Å². The summed E-state index contributed by atoms with van der Waals surface area (Å²) in [5.41, 5.74) is 1.71. The predicted octanol–water partition coefficient (Wildman–Crippen LogP) is 6.27. The lowest BCUT2D eigenvalue weighted by Crippen LogP contribution is -2.00. The van der Waals surface area contributed by atoms with Crippen LogP contribution in [0.5, 0.6) is 11.5 Å². The van der Waals surface area contributed by atoms with Gasteiger partial charge in [0.2, 0.25) is 0 Å². The third kappa shape index (κ3) is 6.33. The fourth-order valence-electron chi connectivity index (χ4n) is 2.63. The van der Waals surface area contributed by atoms with Gasteiger partial charge in [0, 0.05) is 16.5 Å². The topological polar surface area (TPSA) is 54.3 Å². The summed E-state index contributed by atoms with van der Waals surface area (Å²) in [6.07, 6.45) is 8.55. The van der Waals surface area contributed by atoms with Crippen LogP contribution in [0.2, 0.25) is 0 Å². The van der Waals surface area contributed by atoms with Gasteiger partial charge in [-0.05, 0) is 49.9 Å². The van der Waals surface area contributed by atoms with Crippen LogP contribution < -0.4 is 14.8 Å². The van der Waals surface area contributed by atoms with Gasteiger partial charge < -0.3 is 14.8 Å². The number of nitrogens with zero attached hydrogens (tertiary/aromatic N) is 1. The van der Waals surface area contributed by atoms with Crippen LogP contribution in [-0.4, -0.2) is 14.2 Å². The summed E-state index contributed by atoms with van der Waals surface area (Å²) in [4.78, 5) is 1.14. The third-order valence-electron chi connectivity index (χ3n) is 4.13. The molecule has 0 saturated heterocycles. The van der Waals surface area contributed by atoms with Gasteiger partial charge in [-0.2, -0.15) is 5.26 Å². The molecule has 1 aromatic heterocycles. The predicted molar refractivity (Wildman–Crippen MR) is 118 cm³/mol. The molecule has 0 aliphatic heterocycles. The molecular weight excluding hydrogens is 392 g/mol. The number of rotatable bonds is 10. The molecule has 0 atom stereocenters. The van der Waals surface area contributed by atoms with Gasteiger partial charge in [-0.25, -0.2) is 0 Å². The van der Waals surface area contributed by atoms with Crippen LogP contribution in [0.25, 0.3) is 0 Å². The number of allylic oxidation sites excluding steroid dienone is 4. The van der Waals surface area contributed by atoms with Gasteiger partial charge >= 0.3 is 0 Å². The number of benzene rings is 1. The average molecular weight is 417 g/mol. The number of halogens is 1. The van der Waals surface area contributed by atoms with Crippen molar-refractivity contribution in [1.29, 1.82) is 5.26 Å². The number of methoxy groups -OCH3 is 2. The van der Waals surface area contributed by atoms with Gasteiger partial charge in [0.05, 0.1) is 19.8 Å². The number of anilines is 1. The molecule has 0 spiro atoms. The molecule has 0 aliphatic rings. The maximum Gasteiger partial charge on any atom is 0.161 e. The first-order valence-corrected chi connectivity index (χ1v) is 10.2. The second-order valence-corrected chi connectivity index (χ2v) is 7.69. The zero-order chi connectivity index (χ0) is 20.4. The van der Waals surface area contributed by atoms with Crippen molar-refractivity contribution in [3.05, 3.63) is 63.5 Å². The second-order valence-electron chi connectivity index (χ2n) is 6.07. The highest BCUT2D eigenvalue weighted by atomic mass is 35.5. The summed E-state index contributed by atoms with van der Waals surface area (Å²) < 4.78 is 10.6. The van der Waals surface area contributed by atoms with Gasteiger partial charge in [-0.1, -0.05) is 35.9 Å². The molecule has 1 N–H and O–H groups in total. The largest absolute Gasteiger partial charge is 0.493 e. The van der Waals surface area contributed by atoms with Crippen LogP contribution in [-0.2, 0) is 13.0 Å². The molecule has 148 valence electrons. The van der Waals surface area contributed by atoms with Crippen molar-refractivity contribution in [2.45, 2.75) is 32.7 Å². The molecule has 4 nitrogen and oxygen atoms in total. The lowest BCUT2D eigenvalue weighted by molar-refractivity contribution is 0.354. The molecule has 0 radical (unpaired) electrons. The van der Waals surface area contributed by atoms with Gasteiger partial charge in [-0.15, -0.1) is 11.3 Å². The van der Waals surface area contributed by atoms with E-state index in [9.17, 15) is 5.26 Å². The minimum absolute atomic E-state index is 0.596. The van der Waals surface area contributed by atoms with Crippen LogP contribution in [0.3, 0.4) is 0 Å². The van der Waals surface area contributed by atoms with E-state index in [0.717, 1.165) is 39.7 Å². The number of nitriles is 1. The lowest BCUT2D eigenvalue weighted by atomic mass is 10.2. The Bertz CT molecular complexity index is 881. The quantitative estimate of drug-likeness (QED) is 0.463. The van der Waals surface area contributed by atoms with Crippen molar-refractivity contribution >= 4 is 27.9 Å². The Morgan fingerprint density at radius 2 is 2.04 bits per heavy atom. The lowest BCUT2D eigenvalue weighted by Gasteiger charge is -2.10. The molecule has 2 rings (SSSR count). The van der Waals surface area contributed by atoms with Gasteiger partial charge in [0.15, 0.2) is 11.5 Å². The summed E-state index contributed by atoms with van der Waals surface area (Å²) in [6, 6.07) is 10.00. The van der Waals surface area contributed by atoms with E-state index in [-0.39, 0.29) is 0 Å². The molecule has 2 aromatic rings. The molecule has 0 saturated carbocycles. The van der Waals surface area contributed by atoms with Crippen LogP contribution >= 0.6 is 22.9 Å². The Morgan fingerprint density at radius 3 is 2.71 bits per heavy atom. The normalized spacial score (nSPS) is 11.5. The Morgan fingerprint density at radius 1 is 1.25 bits per heavy atom. The molecule has 6 heteroatoms. The van der Waals surface area contributed by atoms with Crippen LogP contribution in [0.15, 0.2) is 47.5 Å². The second kappa shape index (κ2) is 11.4. The number of ether oxygens (including phenoxy) is 2. The highest BCUT2D eigenvalue weighted by Crippen LogP contribution is 2.31. The smallest absolute Gasteiger partial charge is 0.161 e. The van der Waals surface area contributed by atoms with Gasteiger partial charge in [0.25, 0.3) is 0 Å². The molecule has 1 heterocycles. The van der Waals surface area contributed by atoms with Crippen molar-refractivity contribution in [3.8, 4) is 17.6 Å². The summed E-state index contributed by atoms with van der Waals surface area (Å²) in [5.74, 6) is 1.38. The van der Waals surface area contributed by atoms with E-state index in [1.165, 1.54) is 0 Å². The van der Waals surface area contributed by atoms with E-state index in [1.807, 2.05) is 43.3 Å². The van der Waals surface area contributed by atoms with E-state index < -0.39 is 0 Å². The first kappa shape index (κ1) is 21.9. The SMILES string of the molecule is C/C=C\C/C=C(/Cl)CCc1cc(C#N)c(NCc2ccc(OC)c(OC)c2)s1. The third-order valence-corrected chi connectivity index (χ3v) is 5.62. The average Bonchev–Trinajstić information content (AvgIpc) is 3.12. The highest BCUT2D eigenvalue weighted by molar-refractivity contribution is 7.16. The van der Waals surface area contributed by atoms with Crippen molar-refractivity contribution in [1.82, 2.24) is 0 Å². The van der Waals surface area contributed by atoms with E-state index in [4.69, 9.17) is 21.1 Å². The fourth-order valence-corrected chi connectivity index (χ4v) is 3.81. The number of nitrogens with one attached hydrogen (secondary N) is 1.